The van der Waals surface area contributed by atoms with Crippen LogP contribution < -0.4 is 5.32 Å². The molecule has 0 bridgehead atoms. The van der Waals surface area contributed by atoms with Crippen LogP contribution in [-0.2, 0) is 0 Å². The summed E-state index contributed by atoms with van der Waals surface area (Å²) in [6.45, 7) is 1.62. The van der Waals surface area contributed by atoms with Gasteiger partial charge < -0.3 is 5.32 Å². The fourth-order valence-corrected chi connectivity index (χ4v) is 1.59. The van der Waals surface area contributed by atoms with E-state index < -0.39 is 28.3 Å². The molecule has 0 fully saturated rings. The molecule has 0 aliphatic heterocycles. The smallest absolute Gasteiger partial charge is 0.327 e. The van der Waals surface area contributed by atoms with E-state index in [1.54, 1.807) is 6.92 Å². The fourth-order valence-electron chi connectivity index (χ4n) is 1.59. The maximum absolute atomic E-state index is 13.4. The number of hydrogen-bond donors (Lipinski definition) is 2. The Balaban J connectivity index is 2.36. The molecule has 0 aliphatic carbocycles. The number of nitrogens with zero attached hydrogens (tertiary/aromatic N) is 3. The normalized spacial score (nSPS) is 12.2. The zero-order valence-corrected chi connectivity index (χ0v) is 9.72. The molecule has 1 aromatic carbocycles. The van der Waals surface area contributed by atoms with Gasteiger partial charge in [0.05, 0.1) is 11.0 Å². The number of nitrogens with one attached hydrogen (secondary N) is 2. The van der Waals surface area contributed by atoms with Crippen molar-refractivity contribution in [3.63, 3.8) is 0 Å². The van der Waals surface area contributed by atoms with Gasteiger partial charge in [-0.15, -0.1) is 0 Å². The molecule has 2 aromatic rings. The van der Waals surface area contributed by atoms with Crippen LogP contribution in [0.4, 0.5) is 20.2 Å². The van der Waals surface area contributed by atoms with Crippen LogP contribution in [0.1, 0.15) is 18.8 Å². The molecule has 2 N–H and O–H groups in total. The highest BCUT2D eigenvalue weighted by molar-refractivity contribution is 5.62. The number of nitro groups is 1. The molecule has 1 unspecified atom stereocenters. The first kappa shape index (κ1) is 12.9. The maximum Gasteiger partial charge on any atom is 0.327 e. The predicted molar refractivity (Wildman–Crippen MR) is 61.4 cm³/mol. The number of benzene rings is 1. The molecule has 1 atom stereocenters. The van der Waals surface area contributed by atoms with E-state index in [-0.39, 0.29) is 5.69 Å². The summed E-state index contributed by atoms with van der Waals surface area (Å²) in [5.74, 6) is -1.76. The van der Waals surface area contributed by atoms with Crippen molar-refractivity contribution in [3.05, 3.63) is 46.0 Å². The fraction of sp³-hybridized carbons (Fsp3) is 0.200. The van der Waals surface area contributed by atoms with Gasteiger partial charge >= 0.3 is 5.69 Å². The van der Waals surface area contributed by atoms with Crippen molar-refractivity contribution in [1.29, 1.82) is 0 Å². The summed E-state index contributed by atoms with van der Waals surface area (Å²) < 4.78 is 26.5. The summed E-state index contributed by atoms with van der Waals surface area (Å²) >= 11 is 0. The first-order chi connectivity index (χ1) is 8.99. The molecular weight excluding hydrogens is 260 g/mol. The van der Waals surface area contributed by atoms with Crippen molar-refractivity contribution < 1.29 is 13.7 Å². The number of aromatic amines is 1. The molecule has 2 rings (SSSR count). The summed E-state index contributed by atoms with van der Waals surface area (Å²) in [5, 5.41) is 19.6. The summed E-state index contributed by atoms with van der Waals surface area (Å²) in [4.78, 5) is 13.7. The molecule has 0 aliphatic rings. The Bertz CT molecular complexity index is 602. The third-order valence-corrected chi connectivity index (χ3v) is 2.43. The van der Waals surface area contributed by atoms with Crippen molar-refractivity contribution in [2.45, 2.75) is 13.0 Å². The Morgan fingerprint density at radius 2 is 2.21 bits per heavy atom. The van der Waals surface area contributed by atoms with Crippen molar-refractivity contribution >= 4 is 11.4 Å². The second-order valence-corrected chi connectivity index (χ2v) is 3.78. The highest BCUT2D eigenvalue weighted by Gasteiger charge is 2.23. The molecule has 100 valence electrons. The average molecular weight is 269 g/mol. The topological polar surface area (TPSA) is 96.7 Å². The number of halogens is 2. The van der Waals surface area contributed by atoms with E-state index in [1.165, 1.54) is 6.33 Å². The van der Waals surface area contributed by atoms with Gasteiger partial charge in [0.2, 0.25) is 5.82 Å². The number of aromatic nitrogens is 3. The van der Waals surface area contributed by atoms with Crippen molar-refractivity contribution in [2.75, 3.05) is 5.32 Å². The Kier molecular flexibility index (Phi) is 3.36. The summed E-state index contributed by atoms with van der Waals surface area (Å²) in [7, 11) is 0. The van der Waals surface area contributed by atoms with Crippen molar-refractivity contribution in [2.24, 2.45) is 0 Å². The van der Waals surface area contributed by atoms with Crippen LogP contribution in [0, 0.1) is 21.7 Å². The number of nitro benzene ring substituents is 1. The minimum atomic E-state index is -1.24. The van der Waals surface area contributed by atoms with Gasteiger partial charge in [-0.05, 0) is 6.92 Å². The molecule has 7 nitrogen and oxygen atoms in total. The van der Waals surface area contributed by atoms with Crippen LogP contribution in [-0.4, -0.2) is 20.1 Å². The second-order valence-electron chi connectivity index (χ2n) is 3.78. The number of rotatable bonds is 4. The molecule has 19 heavy (non-hydrogen) atoms. The summed E-state index contributed by atoms with van der Waals surface area (Å²) in [6, 6.07) is 0.790. The Hall–Kier alpha value is -2.58. The predicted octanol–water partition coefficient (Wildman–Crippen LogP) is 2.16. The minimum Gasteiger partial charge on any atom is -0.370 e. The molecular formula is C10H9F2N5O2. The highest BCUT2D eigenvalue weighted by atomic mass is 19.1. The van der Waals surface area contributed by atoms with E-state index >= 15 is 0 Å². The number of anilines is 1. The largest absolute Gasteiger partial charge is 0.370 e. The highest BCUT2D eigenvalue weighted by Crippen LogP contribution is 2.31. The van der Waals surface area contributed by atoms with Gasteiger partial charge in [0.25, 0.3) is 0 Å². The van der Waals surface area contributed by atoms with Crippen LogP contribution >= 0.6 is 0 Å². The van der Waals surface area contributed by atoms with E-state index in [9.17, 15) is 18.9 Å². The lowest BCUT2D eigenvalue weighted by atomic mass is 10.2. The lowest BCUT2D eigenvalue weighted by Gasteiger charge is -2.12. The molecule has 0 amide bonds. The molecule has 0 saturated carbocycles. The molecule has 1 aromatic heterocycles. The Labute approximate surface area is 105 Å². The Morgan fingerprint density at radius 3 is 2.79 bits per heavy atom. The van der Waals surface area contributed by atoms with Gasteiger partial charge in [0.15, 0.2) is 0 Å². The molecule has 0 spiro atoms. The van der Waals surface area contributed by atoms with Crippen LogP contribution in [0.25, 0.3) is 0 Å². The van der Waals surface area contributed by atoms with Gasteiger partial charge in [0, 0.05) is 12.1 Å². The molecule has 0 saturated heterocycles. The van der Waals surface area contributed by atoms with Gasteiger partial charge in [-0.1, -0.05) is 0 Å². The molecule has 0 radical (unpaired) electrons. The van der Waals surface area contributed by atoms with E-state index in [4.69, 9.17) is 0 Å². The second kappa shape index (κ2) is 4.96. The maximum atomic E-state index is 13.4. The zero-order chi connectivity index (χ0) is 14.0. The van der Waals surface area contributed by atoms with Gasteiger partial charge in [0.1, 0.15) is 23.7 Å². The lowest BCUT2D eigenvalue weighted by Crippen LogP contribution is -2.11. The SMILES string of the molecule is CC(Nc1cc(F)cc(F)c1[N+](=O)[O-])c1ncn[nH]1. The minimum absolute atomic E-state index is 0.258. The van der Waals surface area contributed by atoms with Gasteiger partial charge in [-0.25, -0.2) is 9.37 Å². The van der Waals surface area contributed by atoms with Crippen LogP contribution in [0.2, 0.25) is 0 Å². The van der Waals surface area contributed by atoms with Crippen molar-refractivity contribution in [1.82, 2.24) is 15.2 Å². The van der Waals surface area contributed by atoms with E-state index in [0.717, 1.165) is 6.07 Å². The Morgan fingerprint density at radius 1 is 1.47 bits per heavy atom. The monoisotopic (exact) mass is 269 g/mol. The summed E-state index contributed by atoms with van der Waals surface area (Å²) in [6.07, 6.45) is 1.26. The molecule has 1 heterocycles. The standard InChI is InChI=1S/C10H9F2N5O2/c1-5(10-13-4-14-16-10)15-8-3-6(11)2-7(12)9(8)17(18)19/h2-5,15H,1H3,(H,13,14,16). The number of H-pyrrole nitrogens is 1. The van der Waals surface area contributed by atoms with Gasteiger partial charge in [-0.2, -0.15) is 9.49 Å². The van der Waals surface area contributed by atoms with Crippen LogP contribution in [0.15, 0.2) is 18.5 Å². The van der Waals surface area contributed by atoms with E-state index in [2.05, 4.69) is 20.5 Å². The average Bonchev–Trinajstić information content (AvgIpc) is 2.80. The molecule has 9 heteroatoms. The van der Waals surface area contributed by atoms with E-state index in [0.29, 0.717) is 11.9 Å². The summed E-state index contributed by atoms with van der Waals surface area (Å²) in [5.41, 5.74) is -1.07. The first-order valence-corrected chi connectivity index (χ1v) is 5.24. The lowest BCUT2D eigenvalue weighted by molar-refractivity contribution is -0.386. The van der Waals surface area contributed by atoms with Crippen LogP contribution in [0.3, 0.4) is 0 Å². The van der Waals surface area contributed by atoms with Crippen molar-refractivity contribution in [3.8, 4) is 0 Å². The zero-order valence-electron chi connectivity index (χ0n) is 9.72. The third kappa shape index (κ3) is 2.64. The van der Waals surface area contributed by atoms with Gasteiger partial charge in [-0.3, -0.25) is 15.2 Å². The number of hydrogen-bond acceptors (Lipinski definition) is 5. The van der Waals surface area contributed by atoms with E-state index in [1.807, 2.05) is 0 Å². The van der Waals surface area contributed by atoms with Crippen LogP contribution in [0.5, 0.6) is 0 Å². The first-order valence-electron chi connectivity index (χ1n) is 5.24. The quantitative estimate of drug-likeness (QED) is 0.654. The third-order valence-electron chi connectivity index (χ3n) is 2.43.